The van der Waals surface area contributed by atoms with Crippen molar-refractivity contribution >= 4 is 11.9 Å². The second kappa shape index (κ2) is 5.35. The maximum Gasteiger partial charge on any atom is 0.332 e. The molecule has 1 amide bonds. The molecule has 1 atom stereocenters. The molecule has 1 heterocycles. The number of carboxylic acid groups (broad SMARTS) is 1. The van der Waals surface area contributed by atoms with Crippen molar-refractivity contribution in [1.29, 1.82) is 0 Å². The first-order chi connectivity index (χ1) is 9.04. The van der Waals surface area contributed by atoms with Crippen molar-refractivity contribution in [1.82, 2.24) is 19.9 Å². The number of carbonyl (C=O) groups is 2. The van der Waals surface area contributed by atoms with Crippen molar-refractivity contribution in [2.75, 3.05) is 6.61 Å². The van der Waals surface area contributed by atoms with Gasteiger partial charge < -0.3 is 15.1 Å². The van der Waals surface area contributed by atoms with Gasteiger partial charge in [-0.1, -0.05) is 5.21 Å². The Labute approximate surface area is 109 Å². The molecule has 0 aromatic carbocycles. The molecular formula is C11H16N4O4. The third-order valence-corrected chi connectivity index (χ3v) is 2.98. The van der Waals surface area contributed by atoms with Gasteiger partial charge in [-0.3, -0.25) is 4.79 Å². The summed E-state index contributed by atoms with van der Waals surface area (Å²) >= 11 is 0. The fourth-order valence-corrected chi connectivity index (χ4v) is 2.04. The minimum atomic E-state index is -1.13. The zero-order valence-electron chi connectivity index (χ0n) is 10.6. The zero-order valence-corrected chi connectivity index (χ0v) is 10.6. The maximum absolute atomic E-state index is 11.6. The molecule has 1 aliphatic rings. The van der Waals surface area contributed by atoms with Gasteiger partial charge in [-0.15, -0.1) is 5.10 Å². The van der Waals surface area contributed by atoms with Crippen LogP contribution in [0, 0.1) is 0 Å². The molecule has 1 unspecified atom stereocenters. The first-order valence-electron chi connectivity index (χ1n) is 6.07. The largest absolute Gasteiger partial charge is 0.479 e. The molecule has 0 spiro atoms. The second-order valence-corrected chi connectivity index (χ2v) is 4.53. The highest BCUT2D eigenvalue weighted by Gasteiger charge is 2.41. The normalized spacial score (nSPS) is 16.1. The van der Waals surface area contributed by atoms with Crippen LogP contribution in [0.3, 0.4) is 0 Å². The number of aromatic nitrogens is 3. The van der Waals surface area contributed by atoms with E-state index in [9.17, 15) is 14.7 Å². The molecule has 1 aliphatic carbocycles. The number of nitrogens with zero attached hydrogens (tertiary/aromatic N) is 4. The molecule has 1 aromatic heterocycles. The Hall–Kier alpha value is -1.96. The van der Waals surface area contributed by atoms with Crippen LogP contribution in [-0.2, 0) is 16.1 Å². The summed E-state index contributed by atoms with van der Waals surface area (Å²) in [5, 5.41) is 25.7. The Morgan fingerprint density at radius 2 is 2.26 bits per heavy atom. The number of aliphatic hydroxyl groups excluding tert-OH is 1. The lowest BCUT2D eigenvalue weighted by Crippen LogP contribution is -2.39. The molecule has 1 fully saturated rings. The van der Waals surface area contributed by atoms with Crippen molar-refractivity contribution in [3.05, 3.63) is 11.9 Å². The lowest BCUT2D eigenvalue weighted by Gasteiger charge is -2.26. The Bertz CT molecular complexity index is 483. The lowest BCUT2D eigenvalue weighted by atomic mass is 10.2. The number of rotatable bonds is 6. The highest BCUT2D eigenvalue weighted by atomic mass is 16.4. The van der Waals surface area contributed by atoms with Gasteiger partial charge in [-0.2, -0.15) is 0 Å². The van der Waals surface area contributed by atoms with E-state index in [1.165, 1.54) is 22.7 Å². The molecule has 2 rings (SSSR count). The van der Waals surface area contributed by atoms with Crippen LogP contribution < -0.4 is 0 Å². The third kappa shape index (κ3) is 2.90. The predicted molar refractivity (Wildman–Crippen MR) is 63.0 cm³/mol. The molecule has 0 saturated heterocycles. The zero-order chi connectivity index (χ0) is 14.0. The number of hydrogen-bond donors (Lipinski definition) is 2. The van der Waals surface area contributed by atoms with Crippen LogP contribution in [-0.4, -0.2) is 54.6 Å². The standard InChI is InChI=1S/C11H16N4O4/c1-7(17)15(8-2-3-8)10(11(18)19)9-6-14(4-5-16)13-12-9/h6,8,10,16H,2-5H2,1H3,(H,18,19). The van der Waals surface area contributed by atoms with E-state index in [2.05, 4.69) is 10.3 Å². The van der Waals surface area contributed by atoms with Crippen molar-refractivity contribution in [2.24, 2.45) is 0 Å². The Morgan fingerprint density at radius 3 is 2.74 bits per heavy atom. The first kappa shape index (κ1) is 13.5. The fraction of sp³-hybridized carbons (Fsp3) is 0.636. The van der Waals surface area contributed by atoms with E-state index in [1.54, 1.807) is 0 Å². The summed E-state index contributed by atoms with van der Waals surface area (Å²) in [6, 6.07) is -1.14. The fourth-order valence-electron chi connectivity index (χ4n) is 2.04. The third-order valence-electron chi connectivity index (χ3n) is 2.98. The molecule has 0 bridgehead atoms. The van der Waals surface area contributed by atoms with E-state index in [-0.39, 0.29) is 30.8 Å². The van der Waals surface area contributed by atoms with E-state index in [1.807, 2.05) is 0 Å². The Balaban J connectivity index is 2.27. The van der Waals surface area contributed by atoms with E-state index in [0.717, 1.165) is 12.8 Å². The van der Waals surface area contributed by atoms with Crippen LogP contribution in [0.25, 0.3) is 0 Å². The summed E-state index contributed by atoms with van der Waals surface area (Å²) in [4.78, 5) is 24.4. The summed E-state index contributed by atoms with van der Waals surface area (Å²) in [7, 11) is 0. The highest BCUT2D eigenvalue weighted by molar-refractivity contribution is 5.83. The molecule has 1 aromatic rings. The number of carbonyl (C=O) groups excluding carboxylic acids is 1. The van der Waals surface area contributed by atoms with Crippen molar-refractivity contribution in [3.8, 4) is 0 Å². The number of amides is 1. The van der Waals surface area contributed by atoms with Gasteiger partial charge in [0.1, 0.15) is 5.69 Å². The number of aliphatic hydroxyl groups is 1. The minimum absolute atomic E-state index is 0.0263. The summed E-state index contributed by atoms with van der Waals surface area (Å²) < 4.78 is 1.36. The smallest absolute Gasteiger partial charge is 0.332 e. The van der Waals surface area contributed by atoms with Gasteiger partial charge in [0, 0.05) is 13.0 Å². The Kier molecular flexibility index (Phi) is 3.79. The van der Waals surface area contributed by atoms with E-state index in [4.69, 9.17) is 5.11 Å². The van der Waals surface area contributed by atoms with Crippen molar-refractivity contribution in [2.45, 2.75) is 38.4 Å². The summed E-state index contributed by atoms with van der Waals surface area (Å²) in [5.74, 6) is -1.41. The molecule has 8 heteroatoms. The summed E-state index contributed by atoms with van der Waals surface area (Å²) in [6.07, 6.45) is 3.08. The van der Waals surface area contributed by atoms with E-state index < -0.39 is 12.0 Å². The first-order valence-corrected chi connectivity index (χ1v) is 6.07. The van der Waals surface area contributed by atoms with E-state index in [0.29, 0.717) is 0 Å². The Morgan fingerprint density at radius 1 is 1.58 bits per heavy atom. The molecular weight excluding hydrogens is 252 g/mol. The number of carboxylic acids is 1. The van der Waals surface area contributed by atoms with Gasteiger partial charge in [0.05, 0.1) is 19.3 Å². The van der Waals surface area contributed by atoms with Crippen molar-refractivity contribution in [3.63, 3.8) is 0 Å². The van der Waals surface area contributed by atoms with Gasteiger partial charge in [-0.05, 0) is 12.8 Å². The van der Waals surface area contributed by atoms with Crippen LogP contribution >= 0.6 is 0 Å². The van der Waals surface area contributed by atoms with Gasteiger partial charge in [0.25, 0.3) is 0 Å². The monoisotopic (exact) mass is 268 g/mol. The minimum Gasteiger partial charge on any atom is -0.479 e. The molecule has 19 heavy (non-hydrogen) atoms. The van der Waals surface area contributed by atoms with Crippen LogP contribution in [0.4, 0.5) is 0 Å². The average Bonchev–Trinajstić information content (AvgIpc) is 3.06. The number of hydrogen-bond acceptors (Lipinski definition) is 5. The van der Waals surface area contributed by atoms with Crippen LogP contribution in [0.1, 0.15) is 31.5 Å². The lowest BCUT2D eigenvalue weighted by molar-refractivity contribution is -0.150. The molecule has 8 nitrogen and oxygen atoms in total. The van der Waals surface area contributed by atoms with Gasteiger partial charge >= 0.3 is 5.97 Å². The number of aliphatic carboxylic acids is 1. The maximum atomic E-state index is 11.6. The quantitative estimate of drug-likeness (QED) is 0.713. The molecule has 2 N–H and O–H groups in total. The molecule has 1 saturated carbocycles. The SMILES string of the molecule is CC(=O)N(C1CC1)C(C(=O)O)c1cn(CCO)nn1. The predicted octanol–water partition coefficient (Wildman–Crippen LogP) is -0.593. The average molecular weight is 268 g/mol. The van der Waals surface area contributed by atoms with E-state index >= 15 is 0 Å². The van der Waals surface area contributed by atoms with Crippen LogP contribution in [0.5, 0.6) is 0 Å². The van der Waals surface area contributed by atoms with Gasteiger partial charge in [0.15, 0.2) is 6.04 Å². The van der Waals surface area contributed by atoms with Crippen LogP contribution in [0.15, 0.2) is 6.20 Å². The summed E-state index contributed by atoms with van der Waals surface area (Å²) in [6.45, 7) is 1.48. The summed E-state index contributed by atoms with van der Waals surface area (Å²) in [5.41, 5.74) is 0.211. The van der Waals surface area contributed by atoms with Crippen LogP contribution in [0.2, 0.25) is 0 Å². The molecule has 0 aliphatic heterocycles. The van der Waals surface area contributed by atoms with Crippen molar-refractivity contribution < 1.29 is 19.8 Å². The highest BCUT2D eigenvalue weighted by Crippen LogP contribution is 2.34. The second-order valence-electron chi connectivity index (χ2n) is 4.53. The van der Waals surface area contributed by atoms with Gasteiger partial charge in [0.2, 0.25) is 5.91 Å². The van der Waals surface area contributed by atoms with Gasteiger partial charge in [-0.25, -0.2) is 9.48 Å². The topological polar surface area (TPSA) is 109 Å². The molecule has 0 radical (unpaired) electrons. The molecule has 104 valence electrons.